The van der Waals surface area contributed by atoms with E-state index < -0.39 is 26.7 Å². The van der Waals surface area contributed by atoms with Gasteiger partial charge < -0.3 is 4.74 Å². The van der Waals surface area contributed by atoms with Crippen LogP contribution in [0.3, 0.4) is 0 Å². The molecule has 1 aliphatic rings. The Morgan fingerprint density at radius 2 is 1.79 bits per heavy atom. The van der Waals surface area contributed by atoms with Crippen LogP contribution in [-0.4, -0.2) is 37.3 Å². The van der Waals surface area contributed by atoms with E-state index in [1.807, 2.05) is 38.1 Å². The Morgan fingerprint density at radius 3 is 2.41 bits per heavy atom. The van der Waals surface area contributed by atoms with Gasteiger partial charge in [0.05, 0.1) is 18.1 Å². The van der Waals surface area contributed by atoms with E-state index in [0.29, 0.717) is 19.4 Å². The minimum Gasteiger partial charge on any atom is -0.497 e. The third-order valence-electron chi connectivity index (χ3n) is 5.46. The van der Waals surface area contributed by atoms with Crippen molar-refractivity contribution in [1.29, 1.82) is 0 Å². The van der Waals surface area contributed by atoms with Crippen molar-refractivity contribution in [1.82, 2.24) is 4.31 Å². The molecule has 2 aromatic rings. The molecule has 0 radical (unpaired) electrons. The van der Waals surface area contributed by atoms with Crippen LogP contribution in [-0.2, 0) is 16.4 Å². The Hall–Kier alpha value is -2.71. The molecule has 7 nitrogen and oxygen atoms in total. The lowest BCUT2D eigenvalue weighted by Crippen LogP contribution is -2.45. The second-order valence-corrected chi connectivity index (χ2v) is 8.98. The maximum atomic E-state index is 13.4. The maximum absolute atomic E-state index is 13.4. The number of hydrogen-bond acceptors (Lipinski definition) is 5. The van der Waals surface area contributed by atoms with Crippen molar-refractivity contribution >= 4 is 15.7 Å². The highest BCUT2D eigenvalue weighted by atomic mass is 32.2. The number of nitrogens with zero attached hydrogens (tertiary/aromatic N) is 2. The molecule has 1 heterocycles. The van der Waals surface area contributed by atoms with Crippen molar-refractivity contribution in [3.05, 3.63) is 75.4 Å². The molecule has 0 saturated carbocycles. The molecule has 8 heteroatoms. The predicted octanol–water partition coefficient (Wildman–Crippen LogP) is 3.95. The standard InChI is InChI=1S/C21H24N2O5S/c1-15-12-13-22(29(26,27)21-7-5-4-6-19(21)23(24)25)20(16(15)2)14-17-8-10-18(28-3)11-9-17/h4-11,20H,12-14H2,1-3H3/t20-/m1/s1. The number of sulfonamides is 1. The summed E-state index contributed by atoms with van der Waals surface area (Å²) in [6.45, 7) is 4.23. The van der Waals surface area contributed by atoms with Gasteiger partial charge in [0.1, 0.15) is 5.75 Å². The zero-order valence-electron chi connectivity index (χ0n) is 16.7. The molecule has 0 aromatic heterocycles. The predicted molar refractivity (Wildman–Crippen MR) is 110 cm³/mol. The summed E-state index contributed by atoms with van der Waals surface area (Å²) in [5.74, 6) is 0.727. The van der Waals surface area contributed by atoms with Crippen molar-refractivity contribution in [2.75, 3.05) is 13.7 Å². The van der Waals surface area contributed by atoms with Crippen LogP contribution in [0.25, 0.3) is 0 Å². The average molecular weight is 416 g/mol. The number of nitro benzene ring substituents is 1. The van der Waals surface area contributed by atoms with Crippen molar-refractivity contribution in [2.24, 2.45) is 0 Å². The van der Waals surface area contributed by atoms with Crippen molar-refractivity contribution in [2.45, 2.75) is 37.6 Å². The molecular weight excluding hydrogens is 392 g/mol. The van der Waals surface area contributed by atoms with Gasteiger partial charge in [-0.05, 0) is 50.5 Å². The molecule has 0 fully saturated rings. The first-order chi connectivity index (χ1) is 13.8. The van der Waals surface area contributed by atoms with Crippen LogP contribution in [0, 0.1) is 10.1 Å². The molecular formula is C21H24N2O5S. The quantitative estimate of drug-likeness (QED) is 0.404. The Balaban J connectivity index is 2.03. The van der Waals surface area contributed by atoms with Crippen molar-refractivity contribution in [3.63, 3.8) is 0 Å². The molecule has 0 bridgehead atoms. The number of hydrogen-bond donors (Lipinski definition) is 0. The van der Waals surface area contributed by atoms with E-state index in [1.54, 1.807) is 7.11 Å². The first-order valence-electron chi connectivity index (χ1n) is 9.30. The summed E-state index contributed by atoms with van der Waals surface area (Å²) in [5.41, 5.74) is 2.69. The number of para-hydroxylation sites is 1. The number of rotatable bonds is 6. The third kappa shape index (κ3) is 4.18. The average Bonchev–Trinajstić information content (AvgIpc) is 2.71. The lowest BCUT2D eigenvalue weighted by molar-refractivity contribution is -0.387. The van der Waals surface area contributed by atoms with E-state index in [9.17, 15) is 18.5 Å². The van der Waals surface area contributed by atoms with Gasteiger partial charge in [-0.25, -0.2) is 8.42 Å². The molecule has 154 valence electrons. The Labute approximate surface area is 170 Å². The third-order valence-corrected chi connectivity index (χ3v) is 7.42. The van der Waals surface area contributed by atoms with Gasteiger partial charge in [-0.3, -0.25) is 10.1 Å². The van der Waals surface area contributed by atoms with Crippen LogP contribution < -0.4 is 4.74 Å². The zero-order chi connectivity index (χ0) is 21.2. The number of nitro groups is 1. The normalized spacial score (nSPS) is 18.0. The van der Waals surface area contributed by atoms with Gasteiger partial charge in [-0.15, -0.1) is 0 Å². The second-order valence-electron chi connectivity index (χ2n) is 7.12. The molecule has 3 rings (SSSR count). The second kappa shape index (κ2) is 8.34. The summed E-state index contributed by atoms with van der Waals surface area (Å²) in [6, 6.07) is 12.6. The summed E-state index contributed by atoms with van der Waals surface area (Å²) >= 11 is 0. The highest BCUT2D eigenvalue weighted by molar-refractivity contribution is 7.89. The monoisotopic (exact) mass is 416 g/mol. The van der Waals surface area contributed by atoms with Crippen LogP contribution in [0.1, 0.15) is 25.8 Å². The number of benzene rings is 2. The van der Waals surface area contributed by atoms with E-state index >= 15 is 0 Å². The number of methoxy groups -OCH3 is 1. The summed E-state index contributed by atoms with van der Waals surface area (Å²) < 4.78 is 33.5. The first-order valence-corrected chi connectivity index (χ1v) is 10.7. The Kier molecular flexibility index (Phi) is 6.04. The smallest absolute Gasteiger partial charge is 0.289 e. The van der Waals surface area contributed by atoms with Crippen molar-refractivity contribution < 1.29 is 18.1 Å². The zero-order valence-corrected chi connectivity index (χ0v) is 17.5. The highest BCUT2D eigenvalue weighted by Gasteiger charge is 2.38. The van der Waals surface area contributed by atoms with Gasteiger partial charge in [0, 0.05) is 12.6 Å². The highest BCUT2D eigenvalue weighted by Crippen LogP contribution is 2.34. The van der Waals surface area contributed by atoms with Crippen LogP contribution >= 0.6 is 0 Å². The topological polar surface area (TPSA) is 89.8 Å². The van der Waals surface area contributed by atoms with E-state index in [0.717, 1.165) is 22.5 Å². The van der Waals surface area contributed by atoms with Gasteiger partial charge in [-0.2, -0.15) is 4.31 Å². The largest absolute Gasteiger partial charge is 0.497 e. The molecule has 1 aliphatic heterocycles. The molecule has 0 unspecified atom stereocenters. The molecule has 2 aromatic carbocycles. The minimum absolute atomic E-state index is 0.267. The van der Waals surface area contributed by atoms with Crippen LogP contribution in [0.2, 0.25) is 0 Å². The SMILES string of the molecule is COc1ccc(C[C@@H]2C(C)=C(C)CCN2S(=O)(=O)c2ccccc2[N+](=O)[O-])cc1. The Bertz CT molecular complexity index is 1040. The summed E-state index contributed by atoms with van der Waals surface area (Å²) in [6.07, 6.45) is 1.08. The van der Waals surface area contributed by atoms with Gasteiger partial charge in [0.15, 0.2) is 4.90 Å². The molecule has 0 spiro atoms. The van der Waals surface area contributed by atoms with Crippen molar-refractivity contribution in [3.8, 4) is 5.75 Å². The fourth-order valence-electron chi connectivity index (χ4n) is 3.61. The molecule has 0 N–H and O–H groups in total. The van der Waals surface area contributed by atoms with Gasteiger partial charge >= 0.3 is 0 Å². The summed E-state index contributed by atoms with van der Waals surface area (Å²) in [4.78, 5) is 10.5. The van der Waals surface area contributed by atoms with E-state index in [2.05, 4.69) is 0 Å². The minimum atomic E-state index is -4.04. The fraction of sp³-hybridized carbons (Fsp3) is 0.333. The Morgan fingerprint density at radius 1 is 1.14 bits per heavy atom. The van der Waals surface area contributed by atoms with Crippen LogP contribution in [0.4, 0.5) is 5.69 Å². The molecule has 0 saturated heterocycles. The maximum Gasteiger partial charge on any atom is 0.289 e. The molecule has 0 amide bonds. The van der Waals surface area contributed by atoms with Gasteiger partial charge in [0.2, 0.25) is 10.0 Å². The lowest BCUT2D eigenvalue weighted by atomic mass is 9.92. The fourth-order valence-corrected chi connectivity index (χ4v) is 5.42. The van der Waals surface area contributed by atoms with E-state index in [4.69, 9.17) is 4.74 Å². The van der Waals surface area contributed by atoms with Crippen LogP contribution in [0.15, 0.2) is 64.6 Å². The van der Waals surface area contributed by atoms with Gasteiger partial charge in [-0.1, -0.05) is 35.4 Å². The first kappa shape index (κ1) is 21.0. The van der Waals surface area contributed by atoms with Gasteiger partial charge in [0.25, 0.3) is 5.69 Å². The van der Waals surface area contributed by atoms with Crippen LogP contribution in [0.5, 0.6) is 5.75 Å². The number of ether oxygens (including phenoxy) is 1. The van der Waals surface area contributed by atoms with E-state index in [1.165, 1.54) is 28.6 Å². The summed E-state index contributed by atoms with van der Waals surface area (Å²) in [7, 11) is -2.45. The van der Waals surface area contributed by atoms with E-state index in [-0.39, 0.29) is 4.90 Å². The molecule has 0 aliphatic carbocycles. The summed E-state index contributed by atoms with van der Waals surface area (Å²) in [5, 5.41) is 11.4. The lowest BCUT2D eigenvalue weighted by Gasteiger charge is -2.36. The molecule has 1 atom stereocenters. The molecule has 29 heavy (non-hydrogen) atoms.